The Morgan fingerprint density at radius 1 is 1.69 bits per heavy atom. The van der Waals surface area contributed by atoms with Crippen LogP contribution in [0, 0.1) is 13.8 Å². The molecule has 0 aromatic carbocycles. The van der Waals surface area contributed by atoms with Crippen molar-refractivity contribution >= 4 is 17.3 Å². The molecule has 0 saturated heterocycles. The molecular weight excluding hydrogens is 188 g/mol. The largest absolute Gasteiger partial charge is 0.481 e. The second-order valence-corrected chi connectivity index (χ2v) is 4.12. The van der Waals surface area contributed by atoms with Crippen LogP contribution in [0.5, 0.6) is 0 Å². The summed E-state index contributed by atoms with van der Waals surface area (Å²) in [6, 6.07) is -0.427. The lowest BCUT2D eigenvalue weighted by Gasteiger charge is -2.05. The van der Waals surface area contributed by atoms with Gasteiger partial charge in [-0.05, 0) is 13.8 Å². The molecule has 1 rings (SSSR count). The van der Waals surface area contributed by atoms with Crippen molar-refractivity contribution in [2.45, 2.75) is 26.3 Å². The lowest BCUT2D eigenvalue weighted by Crippen LogP contribution is -2.14. The zero-order valence-electron chi connectivity index (χ0n) is 7.57. The molecular formula is C8H12N2O2S. The molecule has 5 heteroatoms. The van der Waals surface area contributed by atoms with Crippen molar-refractivity contribution < 1.29 is 9.90 Å². The number of rotatable bonds is 3. The average molecular weight is 200 g/mol. The highest BCUT2D eigenvalue weighted by Crippen LogP contribution is 2.24. The molecule has 1 heterocycles. The van der Waals surface area contributed by atoms with Crippen molar-refractivity contribution in [1.29, 1.82) is 0 Å². The number of carboxylic acid groups (broad SMARTS) is 1. The van der Waals surface area contributed by atoms with E-state index in [1.807, 2.05) is 13.8 Å². The average Bonchev–Trinajstić information content (AvgIpc) is 2.28. The van der Waals surface area contributed by atoms with E-state index in [4.69, 9.17) is 10.8 Å². The van der Waals surface area contributed by atoms with Gasteiger partial charge in [-0.2, -0.15) is 0 Å². The van der Waals surface area contributed by atoms with Gasteiger partial charge in [0, 0.05) is 4.88 Å². The number of aliphatic carboxylic acids is 1. The quantitative estimate of drug-likeness (QED) is 0.769. The van der Waals surface area contributed by atoms with Crippen molar-refractivity contribution in [2.24, 2.45) is 5.73 Å². The molecule has 1 atom stereocenters. The summed E-state index contributed by atoms with van der Waals surface area (Å²) in [6.07, 6.45) is -0.0392. The molecule has 1 aromatic rings. The molecule has 0 aliphatic carbocycles. The van der Waals surface area contributed by atoms with E-state index >= 15 is 0 Å². The summed E-state index contributed by atoms with van der Waals surface area (Å²) < 4.78 is 0. The van der Waals surface area contributed by atoms with Crippen LogP contribution in [0.2, 0.25) is 0 Å². The minimum atomic E-state index is -0.877. The van der Waals surface area contributed by atoms with Gasteiger partial charge in [0.1, 0.15) is 0 Å². The first-order valence-corrected chi connectivity index (χ1v) is 4.73. The molecule has 0 spiro atoms. The Bertz CT molecular complexity index is 322. The molecule has 72 valence electrons. The molecule has 1 aromatic heterocycles. The van der Waals surface area contributed by atoms with E-state index in [1.165, 1.54) is 11.3 Å². The maximum atomic E-state index is 10.4. The third kappa shape index (κ3) is 2.50. The van der Waals surface area contributed by atoms with Crippen LogP contribution in [0.4, 0.5) is 0 Å². The third-order valence-electron chi connectivity index (χ3n) is 1.67. The van der Waals surface area contributed by atoms with E-state index in [9.17, 15) is 4.79 Å². The number of aromatic nitrogens is 1. The van der Waals surface area contributed by atoms with Crippen LogP contribution >= 0.6 is 11.3 Å². The molecule has 4 nitrogen and oxygen atoms in total. The van der Waals surface area contributed by atoms with Gasteiger partial charge in [0.05, 0.1) is 23.2 Å². The van der Waals surface area contributed by atoms with Gasteiger partial charge in [-0.3, -0.25) is 4.79 Å². The fraction of sp³-hybridized carbons (Fsp3) is 0.500. The standard InChI is InChI=1S/C8H12N2O2S/c1-4-8(13-5(2)10-4)6(9)3-7(11)12/h6H,3,9H2,1-2H3,(H,11,12)/t6-/m0/s1. The predicted molar refractivity (Wildman–Crippen MR) is 50.8 cm³/mol. The normalized spacial score (nSPS) is 12.8. The first-order chi connectivity index (χ1) is 6.00. The number of nitrogens with two attached hydrogens (primary N) is 1. The second-order valence-electron chi connectivity index (χ2n) is 2.89. The van der Waals surface area contributed by atoms with Crippen LogP contribution in [0.3, 0.4) is 0 Å². The summed E-state index contributed by atoms with van der Waals surface area (Å²) in [5.74, 6) is -0.877. The number of aryl methyl sites for hydroxylation is 2. The first kappa shape index (κ1) is 10.1. The Hall–Kier alpha value is -0.940. The van der Waals surface area contributed by atoms with E-state index in [1.54, 1.807) is 0 Å². The molecule has 0 fully saturated rings. The minimum Gasteiger partial charge on any atom is -0.481 e. The van der Waals surface area contributed by atoms with Crippen molar-refractivity contribution in [3.05, 3.63) is 15.6 Å². The van der Waals surface area contributed by atoms with Crippen LogP contribution in [0.25, 0.3) is 0 Å². The molecule has 0 radical (unpaired) electrons. The monoisotopic (exact) mass is 200 g/mol. The van der Waals surface area contributed by atoms with Gasteiger partial charge in [0.2, 0.25) is 0 Å². The maximum absolute atomic E-state index is 10.4. The molecule has 0 aliphatic rings. The fourth-order valence-electron chi connectivity index (χ4n) is 1.17. The molecule has 0 amide bonds. The SMILES string of the molecule is Cc1nc(C)c([C@@H](N)CC(=O)O)s1. The predicted octanol–water partition coefficient (Wildman–Crippen LogP) is 1.23. The third-order valence-corrected chi connectivity index (χ3v) is 2.88. The van der Waals surface area contributed by atoms with E-state index < -0.39 is 12.0 Å². The molecule has 3 N–H and O–H groups in total. The van der Waals surface area contributed by atoms with Crippen molar-refractivity contribution in [3.63, 3.8) is 0 Å². The van der Waals surface area contributed by atoms with Gasteiger partial charge < -0.3 is 10.8 Å². The number of hydrogen-bond acceptors (Lipinski definition) is 4. The van der Waals surface area contributed by atoms with E-state index in [2.05, 4.69) is 4.98 Å². The van der Waals surface area contributed by atoms with Gasteiger partial charge >= 0.3 is 5.97 Å². The topological polar surface area (TPSA) is 76.2 Å². The molecule has 0 saturated carbocycles. The van der Waals surface area contributed by atoms with Gasteiger partial charge in [0.15, 0.2) is 0 Å². The maximum Gasteiger partial charge on any atom is 0.305 e. The van der Waals surface area contributed by atoms with Gasteiger partial charge in [0.25, 0.3) is 0 Å². The van der Waals surface area contributed by atoms with E-state index in [0.29, 0.717) is 0 Å². The molecule has 13 heavy (non-hydrogen) atoms. The summed E-state index contributed by atoms with van der Waals surface area (Å²) in [6.45, 7) is 3.73. The Labute approximate surface area is 80.4 Å². The highest BCUT2D eigenvalue weighted by Gasteiger charge is 2.15. The summed E-state index contributed by atoms with van der Waals surface area (Å²) in [4.78, 5) is 15.5. The molecule has 0 aliphatic heterocycles. The van der Waals surface area contributed by atoms with Crippen LogP contribution in [-0.4, -0.2) is 16.1 Å². The Balaban J connectivity index is 2.81. The summed E-state index contributed by atoms with van der Waals surface area (Å²) in [5.41, 5.74) is 6.54. The highest BCUT2D eigenvalue weighted by atomic mass is 32.1. The number of thiazole rings is 1. The lowest BCUT2D eigenvalue weighted by atomic mass is 10.1. The smallest absolute Gasteiger partial charge is 0.305 e. The Morgan fingerprint density at radius 3 is 2.69 bits per heavy atom. The summed E-state index contributed by atoms with van der Waals surface area (Å²) in [7, 11) is 0. The van der Waals surface area contributed by atoms with Gasteiger partial charge in [-0.1, -0.05) is 0 Å². The summed E-state index contributed by atoms with van der Waals surface area (Å²) >= 11 is 1.46. The number of carbonyl (C=O) groups is 1. The van der Waals surface area contributed by atoms with E-state index in [0.717, 1.165) is 15.6 Å². The van der Waals surface area contributed by atoms with Crippen LogP contribution < -0.4 is 5.73 Å². The van der Waals surface area contributed by atoms with Crippen LogP contribution in [-0.2, 0) is 4.79 Å². The number of nitrogens with zero attached hydrogens (tertiary/aromatic N) is 1. The van der Waals surface area contributed by atoms with Crippen LogP contribution in [0.1, 0.15) is 28.0 Å². The zero-order valence-corrected chi connectivity index (χ0v) is 8.39. The summed E-state index contributed by atoms with van der Waals surface area (Å²) in [5, 5.41) is 9.47. The van der Waals surface area contributed by atoms with E-state index in [-0.39, 0.29) is 6.42 Å². The Morgan fingerprint density at radius 2 is 2.31 bits per heavy atom. The van der Waals surface area contributed by atoms with Crippen molar-refractivity contribution in [3.8, 4) is 0 Å². The van der Waals surface area contributed by atoms with Gasteiger partial charge in [-0.15, -0.1) is 11.3 Å². The fourth-order valence-corrected chi connectivity index (χ4v) is 2.10. The minimum absolute atomic E-state index is 0.0392. The van der Waals surface area contributed by atoms with Crippen molar-refractivity contribution in [2.75, 3.05) is 0 Å². The Kier molecular flexibility index (Phi) is 3.00. The first-order valence-electron chi connectivity index (χ1n) is 3.92. The number of carboxylic acids is 1. The van der Waals surface area contributed by atoms with Crippen molar-refractivity contribution in [1.82, 2.24) is 4.98 Å². The van der Waals surface area contributed by atoms with Gasteiger partial charge in [-0.25, -0.2) is 4.98 Å². The molecule has 0 bridgehead atoms. The van der Waals surface area contributed by atoms with Crippen LogP contribution in [0.15, 0.2) is 0 Å². The lowest BCUT2D eigenvalue weighted by molar-refractivity contribution is -0.137. The number of hydrogen-bond donors (Lipinski definition) is 2. The highest BCUT2D eigenvalue weighted by molar-refractivity contribution is 7.11. The second kappa shape index (κ2) is 3.85. The molecule has 0 unspecified atom stereocenters. The zero-order chi connectivity index (χ0) is 10.0.